The topological polar surface area (TPSA) is 91.8 Å². The fourth-order valence-electron chi connectivity index (χ4n) is 2.93. The minimum absolute atomic E-state index is 0.00435. The number of nitrogens with one attached hydrogen (secondary N) is 3. The van der Waals surface area contributed by atoms with Gasteiger partial charge < -0.3 is 16.0 Å². The maximum atomic E-state index is 13.4. The number of carbonyl (C=O) groups excluding carboxylic acids is 1. The van der Waals surface area contributed by atoms with Gasteiger partial charge in [0.2, 0.25) is 0 Å². The van der Waals surface area contributed by atoms with Crippen molar-refractivity contribution < 1.29 is 9.18 Å². The van der Waals surface area contributed by atoms with Crippen LogP contribution in [0.3, 0.4) is 0 Å². The molecule has 0 spiro atoms. The molecule has 1 amide bonds. The smallest absolute Gasteiger partial charge is 0.267 e. The maximum absolute atomic E-state index is 13.4. The van der Waals surface area contributed by atoms with E-state index in [1.54, 1.807) is 25.1 Å². The van der Waals surface area contributed by atoms with Crippen LogP contribution in [0.15, 0.2) is 48.7 Å². The number of hydrogen-bond acceptors (Lipinski definition) is 7. The minimum Gasteiger partial charge on any atom is -0.340 e. The molecule has 2 heterocycles. The van der Waals surface area contributed by atoms with Crippen molar-refractivity contribution in [1.29, 1.82) is 0 Å². The number of rotatable bonds is 6. The summed E-state index contributed by atoms with van der Waals surface area (Å²) in [5, 5.41) is 9.91. The SMILES string of the molecule is Cc1nc(Nc2ccc(F)c(Cl)c2)cc(Nc2ncc(C(=O)Nc3c(C)cccc3Cl)s2)n1. The summed E-state index contributed by atoms with van der Waals surface area (Å²) >= 11 is 13.2. The maximum Gasteiger partial charge on any atom is 0.267 e. The summed E-state index contributed by atoms with van der Waals surface area (Å²) in [6.45, 7) is 3.60. The van der Waals surface area contributed by atoms with Crippen molar-refractivity contribution in [3.8, 4) is 0 Å². The predicted octanol–water partition coefficient (Wildman–Crippen LogP) is 6.74. The Balaban J connectivity index is 1.48. The molecule has 4 aromatic rings. The number of carbonyl (C=O) groups is 1. The Morgan fingerprint density at radius 1 is 1.00 bits per heavy atom. The second-order valence-corrected chi connectivity index (χ2v) is 8.83. The lowest BCUT2D eigenvalue weighted by Crippen LogP contribution is -2.11. The summed E-state index contributed by atoms with van der Waals surface area (Å²) in [6.07, 6.45) is 1.47. The molecule has 0 unspecified atom stereocenters. The van der Waals surface area contributed by atoms with Crippen LogP contribution in [0.25, 0.3) is 0 Å². The number of benzene rings is 2. The van der Waals surface area contributed by atoms with E-state index < -0.39 is 5.82 Å². The van der Waals surface area contributed by atoms with Gasteiger partial charge in [0.25, 0.3) is 5.91 Å². The number of para-hydroxylation sites is 1. The number of aromatic nitrogens is 3. The Labute approximate surface area is 203 Å². The van der Waals surface area contributed by atoms with Crippen LogP contribution >= 0.6 is 34.5 Å². The molecule has 0 bridgehead atoms. The van der Waals surface area contributed by atoms with Crippen LogP contribution in [-0.4, -0.2) is 20.9 Å². The zero-order valence-electron chi connectivity index (χ0n) is 17.4. The van der Waals surface area contributed by atoms with E-state index in [9.17, 15) is 9.18 Å². The first-order valence-electron chi connectivity index (χ1n) is 9.65. The molecule has 0 saturated carbocycles. The van der Waals surface area contributed by atoms with Gasteiger partial charge in [0.1, 0.15) is 28.2 Å². The number of halogens is 3. The second-order valence-electron chi connectivity index (χ2n) is 6.98. The Hall–Kier alpha value is -3.27. The van der Waals surface area contributed by atoms with Crippen LogP contribution in [0.2, 0.25) is 10.0 Å². The zero-order chi connectivity index (χ0) is 23.5. The van der Waals surface area contributed by atoms with E-state index in [0.717, 1.165) is 5.56 Å². The molecule has 4 rings (SSSR count). The average molecular weight is 503 g/mol. The Kier molecular flexibility index (Phi) is 6.73. The highest BCUT2D eigenvalue weighted by Gasteiger charge is 2.15. The molecule has 0 saturated heterocycles. The number of nitrogens with zero attached hydrogens (tertiary/aromatic N) is 3. The van der Waals surface area contributed by atoms with E-state index in [4.69, 9.17) is 23.2 Å². The number of anilines is 5. The van der Waals surface area contributed by atoms with Crippen molar-refractivity contribution in [1.82, 2.24) is 15.0 Å². The molecule has 0 atom stereocenters. The fourth-order valence-corrected chi connectivity index (χ4v) is 4.10. The van der Waals surface area contributed by atoms with Crippen molar-refractivity contribution in [3.05, 3.63) is 80.8 Å². The van der Waals surface area contributed by atoms with Crippen LogP contribution in [0.5, 0.6) is 0 Å². The van der Waals surface area contributed by atoms with Gasteiger partial charge in [-0.05, 0) is 43.7 Å². The average Bonchev–Trinajstić information content (AvgIpc) is 3.21. The van der Waals surface area contributed by atoms with Gasteiger partial charge in [-0.25, -0.2) is 19.3 Å². The normalized spacial score (nSPS) is 10.7. The van der Waals surface area contributed by atoms with Gasteiger partial charge in [-0.2, -0.15) is 0 Å². The molecule has 168 valence electrons. The summed E-state index contributed by atoms with van der Waals surface area (Å²) in [4.78, 5) is 26.0. The summed E-state index contributed by atoms with van der Waals surface area (Å²) in [5.74, 6) is 0.639. The predicted molar refractivity (Wildman–Crippen MR) is 131 cm³/mol. The zero-order valence-corrected chi connectivity index (χ0v) is 19.7. The van der Waals surface area contributed by atoms with Crippen LogP contribution < -0.4 is 16.0 Å². The molecule has 2 aromatic carbocycles. The van der Waals surface area contributed by atoms with Crippen LogP contribution in [-0.2, 0) is 0 Å². The quantitative estimate of drug-likeness (QED) is 0.270. The highest BCUT2D eigenvalue weighted by molar-refractivity contribution is 7.17. The first-order chi connectivity index (χ1) is 15.8. The number of amides is 1. The van der Waals surface area contributed by atoms with Gasteiger partial charge in [-0.1, -0.05) is 46.7 Å². The van der Waals surface area contributed by atoms with Gasteiger partial charge in [0.15, 0.2) is 5.13 Å². The lowest BCUT2D eigenvalue weighted by atomic mass is 10.2. The number of aryl methyl sites for hydroxylation is 2. The Bertz CT molecular complexity index is 1330. The van der Waals surface area contributed by atoms with E-state index in [-0.39, 0.29) is 10.9 Å². The fraction of sp³-hybridized carbons (Fsp3) is 0.0909. The third-order valence-corrected chi connectivity index (χ3v) is 5.97. The summed E-state index contributed by atoms with van der Waals surface area (Å²) < 4.78 is 13.4. The van der Waals surface area contributed by atoms with Crippen LogP contribution in [0, 0.1) is 19.7 Å². The molecule has 0 fully saturated rings. The van der Waals surface area contributed by atoms with Crippen LogP contribution in [0.4, 0.5) is 32.5 Å². The molecule has 0 aliphatic carbocycles. The first kappa shape index (κ1) is 22.9. The third kappa shape index (κ3) is 5.57. The Morgan fingerprint density at radius 3 is 2.48 bits per heavy atom. The van der Waals surface area contributed by atoms with E-state index in [1.165, 1.54) is 29.7 Å². The van der Waals surface area contributed by atoms with Crippen molar-refractivity contribution in [2.24, 2.45) is 0 Å². The molecule has 3 N–H and O–H groups in total. The lowest BCUT2D eigenvalue weighted by Gasteiger charge is -2.09. The van der Waals surface area contributed by atoms with Crippen molar-refractivity contribution >= 4 is 68.6 Å². The molecule has 7 nitrogen and oxygen atoms in total. The van der Waals surface area contributed by atoms with Crippen molar-refractivity contribution in [2.45, 2.75) is 13.8 Å². The van der Waals surface area contributed by atoms with Crippen molar-refractivity contribution in [2.75, 3.05) is 16.0 Å². The van der Waals surface area contributed by atoms with Gasteiger partial charge in [0.05, 0.1) is 21.9 Å². The molecule has 33 heavy (non-hydrogen) atoms. The highest BCUT2D eigenvalue weighted by Crippen LogP contribution is 2.28. The largest absolute Gasteiger partial charge is 0.340 e. The second kappa shape index (κ2) is 9.70. The molecule has 0 radical (unpaired) electrons. The van der Waals surface area contributed by atoms with Crippen LogP contribution in [0.1, 0.15) is 21.1 Å². The van der Waals surface area contributed by atoms with E-state index >= 15 is 0 Å². The minimum atomic E-state index is -0.503. The lowest BCUT2D eigenvalue weighted by molar-refractivity contribution is 0.103. The Morgan fingerprint density at radius 2 is 1.76 bits per heavy atom. The molecular weight excluding hydrogens is 486 g/mol. The van der Waals surface area contributed by atoms with Gasteiger partial charge in [-0.15, -0.1) is 0 Å². The van der Waals surface area contributed by atoms with E-state index in [0.29, 0.717) is 43.9 Å². The monoisotopic (exact) mass is 502 g/mol. The highest BCUT2D eigenvalue weighted by atomic mass is 35.5. The molecule has 0 aliphatic rings. The third-order valence-electron chi connectivity index (χ3n) is 4.45. The molecule has 0 aliphatic heterocycles. The van der Waals surface area contributed by atoms with Gasteiger partial charge in [0, 0.05) is 11.8 Å². The summed E-state index contributed by atoms with van der Waals surface area (Å²) in [6, 6.07) is 11.4. The van der Waals surface area contributed by atoms with Crippen molar-refractivity contribution in [3.63, 3.8) is 0 Å². The number of hydrogen-bond donors (Lipinski definition) is 3. The molecule has 11 heteroatoms. The molecule has 2 aromatic heterocycles. The van der Waals surface area contributed by atoms with E-state index in [2.05, 4.69) is 30.9 Å². The summed E-state index contributed by atoms with van der Waals surface area (Å²) in [5.41, 5.74) is 2.00. The first-order valence-corrected chi connectivity index (χ1v) is 11.2. The van der Waals surface area contributed by atoms with Gasteiger partial charge >= 0.3 is 0 Å². The standard InChI is InChI=1S/C22H17Cl2FN6OS/c1-11-4-3-5-14(23)20(11)31-21(32)17-10-26-22(33-17)30-19-9-18(27-12(2)28-19)29-13-6-7-16(25)15(24)8-13/h3-10H,1-2H3,(H,31,32)(H2,26,27,28,29,30). The molecular formula is C22H17Cl2FN6OS. The van der Waals surface area contributed by atoms with Gasteiger partial charge in [-0.3, -0.25) is 4.79 Å². The summed E-state index contributed by atoms with van der Waals surface area (Å²) in [7, 11) is 0. The van der Waals surface area contributed by atoms with E-state index in [1.807, 2.05) is 19.1 Å². The number of thiazole rings is 1.